The molecule has 0 amide bonds. The molecule has 1 heterocycles. The average Bonchev–Trinajstić information content (AvgIpc) is 2.61. The Labute approximate surface area is 111 Å². The Morgan fingerprint density at radius 3 is 2.47 bits per heavy atom. The van der Waals surface area contributed by atoms with Crippen LogP contribution < -0.4 is 5.32 Å². The second kappa shape index (κ2) is 5.00. The number of halogens is 2. The van der Waals surface area contributed by atoms with E-state index in [1.807, 2.05) is 18.2 Å². The molecule has 2 aromatic rings. The predicted octanol–water partition coefficient (Wildman–Crippen LogP) is 4.30. The van der Waals surface area contributed by atoms with Gasteiger partial charge in [-0.3, -0.25) is 0 Å². The number of fused-ring (bicyclic) bond motifs is 1. The third-order valence-electron chi connectivity index (χ3n) is 3.65. The standard InChI is InChI=1S/C16H15F2N/c17-12-5-3-11(4-6-12)14-2-1-9-19-16-10-13(18)7-8-15(14)16/h3-8,10,14,19H,1-2,9H2. The van der Waals surface area contributed by atoms with Crippen LogP contribution in [0.25, 0.3) is 0 Å². The number of anilines is 1. The summed E-state index contributed by atoms with van der Waals surface area (Å²) in [5.74, 6) is -0.257. The van der Waals surface area contributed by atoms with Crippen molar-refractivity contribution >= 4 is 5.69 Å². The van der Waals surface area contributed by atoms with Gasteiger partial charge < -0.3 is 5.32 Å². The SMILES string of the molecule is Fc1ccc(C2CCCNc3cc(F)ccc32)cc1. The van der Waals surface area contributed by atoms with E-state index < -0.39 is 0 Å². The van der Waals surface area contributed by atoms with Crippen LogP contribution in [0.3, 0.4) is 0 Å². The van der Waals surface area contributed by atoms with E-state index in [-0.39, 0.29) is 17.6 Å². The molecule has 98 valence electrons. The Morgan fingerprint density at radius 1 is 0.947 bits per heavy atom. The van der Waals surface area contributed by atoms with Crippen molar-refractivity contribution in [1.82, 2.24) is 0 Å². The fourth-order valence-electron chi connectivity index (χ4n) is 2.71. The molecule has 0 fully saturated rings. The van der Waals surface area contributed by atoms with Crippen LogP contribution in [0.5, 0.6) is 0 Å². The lowest BCUT2D eigenvalue weighted by atomic mass is 9.87. The van der Waals surface area contributed by atoms with E-state index in [4.69, 9.17) is 0 Å². The quantitative estimate of drug-likeness (QED) is 0.805. The molecule has 0 spiro atoms. The fraction of sp³-hybridized carbons (Fsp3) is 0.250. The molecule has 19 heavy (non-hydrogen) atoms. The first kappa shape index (κ1) is 12.2. The monoisotopic (exact) mass is 259 g/mol. The fourth-order valence-corrected chi connectivity index (χ4v) is 2.71. The summed E-state index contributed by atoms with van der Waals surface area (Å²) in [6.07, 6.45) is 2.00. The molecule has 2 aromatic carbocycles. The second-order valence-electron chi connectivity index (χ2n) is 4.90. The molecular weight excluding hydrogens is 244 g/mol. The smallest absolute Gasteiger partial charge is 0.125 e. The molecule has 0 radical (unpaired) electrons. The lowest BCUT2D eigenvalue weighted by molar-refractivity contribution is 0.623. The highest BCUT2D eigenvalue weighted by Crippen LogP contribution is 2.36. The lowest BCUT2D eigenvalue weighted by Gasteiger charge is -2.18. The summed E-state index contributed by atoms with van der Waals surface area (Å²) in [5.41, 5.74) is 3.02. The molecule has 0 saturated heterocycles. The largest absolute Gasteiger partial charge is 0.385 e. The van der Waals surface area contributed by atoms with Crippen LogP contribution in [0.1, 0.15) is 29.9 Å². The molecule has 1 aliphatic rings. The maximum absolute atomic E-state index is 13.3. The maximum Gasteiger partial charge on any atom is 0.125 e. The van der Waals surface area contributed by atoms with Crippen molar-refractivity contribution in [1.29, 1.82) is 0 Å². The first-order chi connectivity index (χ1) is 9.24. The summed E-state index contributed by atoms with van der Waals surface area (Å²) in [4.78, 5) is 0. The van der Waals surface area contributed by atoms with Crippen LogP contribution in [0.4, 0.5) is 14.5 Å². The molecule has 1 N–H and O–H groups in total. The van der Waals surface area contributed by atoms with Gasteiger partial charge in [-0.1, -0.05) is 18.2 Å². The third kappa shape index (κ3) is 2.46. The zero-order valence-corrected chi connectivity index (χ0v) is 10.5. The minimum atomic E-state index is -0.231. The van der Waals surface area contributed by atoms with Crippen LogP contribution in [0, 0.1) is 11.6 Å². The average molecular weight is 259 g/mol. The number of hydrogen-bond donors (Lipinski definition) is 1. The van der Waals surface area contributed by atoms with Gasteiger partial charge in [0, 0.05) is 18.2 Å². The minimum Gasteiger partial charge on any atom is -0.385 e. The van der Waals surface area contributed by atoms with Gasteiger partial charge in [-0.25, -0.2) is 8.78 Å². The van der Waals surface area contributed by atoms with E-state index in [1.54, 1.807) is 0 Å². The topological polar surface area (TPSA) is 12.0 Å². The third-order valence-corrected chi connectivity index (χ3v) is 3.65. The van der Waals surface area contributed by atoms with Gasteiger partial charge >= 0.3 is 0 Å². The van der Waals surface area contributed by atoms with Crippen LogP contribution >= 0.6 is 0 Å². The Bertz CT molecular complexity index is 578. The summed E-state index contributed by atoms with van der Waals surface area (Å²) in [7, 11) is 0. The zero-order valence-electron chi connectivity index (χ0n) is 10.5. The Hall–Kier alpha value is -1.90. The van der Waals surface area contributed by atoms with Gasteiger partial charge in [-0.05, 0) is 48.2 Å². The molecule has 1 aliphatic heterocycles. The molecule has 0 bridgehead atoms. The number of benzene rings is 2. The van der Waals surface area contributed by atoms with Gasteiger partial charge in [0.1, 0.15) is 11.6 Å². The van der Waals surface area contributed by atoms with Gasteiger partial charge in [0.05, 0.1) is 0 Å². The van der Waals surface area contributed by atoms with Crippen molar-refractivity contribution in [2.75, 3.05) is 11.9 Å². The second-order valence-corrected chi connectivity index (χ2v) is 4.90. The molecule has 3 heteroatoms. The van der Waals surface area contributed by atoms with Gasteiger partial charge in [-0.2, -0.15) is 0 Å². The van der Waals surface area contributed by atoms with Crippen molar-refractivity contribution in [2.24, 2.45) is 0 Å². The number of nitrogens with one attached hydrogen (secondary N) is 1. The van der Waals surface area contributed by atoms with E-state index >= 15 is 0 Å². The van der Waals surface area contributed by atoms with Crippen LogP contribution in [0.15, 0.2) is 42.5 Å². The van der Waals surface area contributed by atoms with Gasteiger partial charge in [0.15, 0.2) is 0 Å². The summed E-state index contributed by atoms with van der Waals surface area (Å²) in [6.45, 7) is 0.841. The van der Waals surface area contributed by atoms with Crippen LogP contribution in [-0.2, 0) is 0 Å². The molecule has 1 nitrogen and oxygen atoms in total. The summed E-state index contributed by atoms with van der Waals surface area (Å²) in [5, 5.41) is 3.26. The molecule has 1 atom stereocenters. The molecule has 3 rings (SSSR count). The predicted molar refractivity (Wildman–Crippen MR) is 72.4 cm³/mol. The van der Waals surface area contributed by atoms with E-state index in [1.165, 1.54) is 24.3 Å². The Morgan fingerprint density at radius 2 is 1.68 bits per heavy atom. The first-order valence-electron chi connectivity index (χ1n) is 6.53. The van der Waals surface area contributed by atoms with Crippen LogP contribution in [0.2, 0.25) is 0 Å². The Balaban J connectivity index is 2.04. The summed E-state index contributed by atoms with van der Waals surface area (Å²) < 4.78 is 26.3. The highest BCUT2D eigenvalue weighted by molar-refractivity contribution is 5.56. The lowest BCUT2D eigenvalue weighted by Crippen LogP contribution is -2.02. The molecule has 0 saturated carbocycles. The van der Waals surface area contributed by atoms with Crippen molar-refractivity contribution in [3.8, 4) is 0 Å². The summed E-state index contributed by atoms with van der Waals surface area (Å²) >= 11 is 0. The molecule has 1 unspecified atom stereocenters. The normalized spacial score (nSPS) is 18.3. The van der Waals surface area contributed by atoms with Crippen molar-refractivity contribution in [3.63, 3.8) is 0 Å². The Kier molecular flexibility index (Phi) is 3.20. The van der Waals surface area contributed by atoms with Gasteiger partial charge in [0.2, 0.25) is 0 Å². The zero-order chi connectivity index (χ0) is 13.2. The molecule has 0 aliphatic carbocycles. The van der Waals surface area contributed by atoms with Crippen molar-refractivity contribution in [3.05, 3.63) is 65.2 Å². The van der Waals surface area contributed by atoms with Crippen LogP contribution in [-0.4, -0.2) is 6.54 Å². The van der Waals surface area contributed by atoms with E-state index in [9.17, 15) is 8.78 Å². The molecular formula is C16H15F2N. The highest BCUT2D eigenvalue weighted by atomic mass is 19.1. The summed E-state index contributed by atoms with van der Waals surface area (Å²) in [6, 6.07) is 11.5. The van der Waals surface area contributed by atoms with E-state index in [2.05, 4.69) is 5.32 Å². The highest BCUT2D eigenvalue weighted by Gasteiger charge is 2.20. The van der Waals surface area contributed by atoms with Gasteiger partial charge in [-0.15, -0.1) is 0 Å². The van der Waals surface area contributed by atoms with Crippen molar-refractivity contribution < 1.29 is 8.78 Å². The first-order valence-corrected chi connectivity index (χ1v) is 6.53. The molecule has 0 aromatic heterocycles. The minimum absolute atomic E-state index is 0.200. The maximum atomic E-state index is 13.3. The van der Waals surface area contributed by atoms with E-state index in [0.717, 1.165) is 36.2 Å². The van der Waals surface area contributed by atoms with Gasteiger partial charge in [0.25, 0.3) is 0 Å². The van der Waals surface area contributed by atoms with Crippen molar-refractivity contribution in [2.45, 2.75) is 18.8 Å². The number of rotatable bonds is 1. The number of hydrogen-bond acceptors (Lipinski definition) is 1. The van der Waals surface area contributed by atoms with E-state index in [0.29, 0.717) is 0 Å².